The number of nitrogens with zero attached hydrogens (tertiary/aromatic N) is 1. The molecule has 4 amide bonds. The van der Waals surface area contributed by atoms with E-state index in [1.54, 1.807) is 45.2 Å². The third kappa shape index (κ3) is 11.7. The van der Waals surface area contributed by atoms with Gasteiger partial charge in [-0.1, -0.05) is 45.2 Å². The normalized spacial score (nSPS) is 12.3. The number of hydrogen-bond donors (Lipinski definition) is 5. The predicted octanol–water partition coefficient (Wildman–Crippen LogP) is 4.17. The maximum absolute atomic E-state index is 13.5. The molecule has 1 aromatic heterocycles. The van der Waals surface area contributed by atoms with E-state index in [9.17, 15) is 38.7 Å². The van der Waals surface area contributed by atoms with Crippen molar-refractivity contribution in [2.45, 2.75) is 71.4 Å². The number of furan rings is 1. The Labute approximate surface area is 312 Å². The van der Waals surface area contributed by atoms with E-state index in [1.807, 2.05) is 6.92 Å². The fourth-order valence-corrected chi connectivity index (χ4v) is 5.61. The monoisotopic (exact) mass is 749 g/mol. The summed E-state index contributed by atoms with van der Waals surface area (Å²) >= 11 is 0. The molecule has 0 bridgehead atoms. The Balaban J connectivity index is 1.69. The number of anilines is 1. The number of unbranched alkanes of at least 4 members (excludes halogenated alkanes) is 2. The van der Waals surface area contributed by atoms with Gasteiger partial charge in [0.1, 0.15) is 23.8 Å². The van der Waals surface area contributed by atoms with Gasteiger partial charge < -0.3 is 45.2 Å². The van der Waals surface area contributed by atoms with Crippen LogP contribution in [-0.4, -0.2) is 84.9 Å². The average Bonchev–Trinajstić information content (AvgIpc) is 3.67. The summed E-state index contributed by atoms with van der Waals surface area (Å²) in [5, 5.41) is 20.7. The number of aldehydes is 1. The highest BCUT2D eigenvalue weighted by molar-refractivity contribution is 6.00. The maximum Gasteiger partial charge on any atom is 0.363 e. The van der Waals surface area contributed by atoms with E-state index in [2.05, 4.69) is 21.3 Å². The summed E-state index contributed by atoms with van der Waals surface area (Å²) in [5.41, 5.74) is 1.37. The molecule has 3 rings (SSSR count). The lowest BCUT2D eigenvalue weighted by Crippen LogP contribution is -2.49. The zero-order valence-electron chi connectivity index (χ0n) is 30.7. The Morgan fingerprint density at radius 2 is 1.72 bits per heavy atom. The first-order valence-corrected chi connectivity index (χ1v) is 17.7. The molecule has 0 saturated heterocycles. The molecule has 0 spiro atoms. The van der Waals surface area contributed by atoms with Crippen molar-refractivity contribution in [1.82, 2.24) is 21.0 Å². The standard InChI is InChI=1S/C38H47N5O11/c1-5-8-9-13-27(30(6-2)43(23-45)54-38(51)25-11-10-12-26(20-25)39-4)34(46)40-22-41-36(48)32-17-16-31(53-32)24-14-15-28(33(21-24)52-7-3)35(47)42-29(18-19-44)37(49)50/h10-12,14-17,19-21,23,27,29-30,39H,5-9,13,18,22H2,1-4H3,(H,40,46)(H,41,48)(H,42,47)(H,49,50). The molecular formula is C38H47N5O11. The van der Waals surface area contributed by atoms with E-state index >= 15 is 0 Å². The molecular weight excluding hydrogens is 702 g/mol. The van der Waals surface area contributed by atoms with E-state index in [0.29, 0.717) is 43.2 Å². The maximum atomic E-state index is 13.5. The number of nitrogens with one attached hydrogen (secondary N) is 4. The minimum Gasteiger partial charge on any atom is -0.493 e. The number of carbonyl (C=O) groups excluding carboxylic acids is 6. The number of hydrogen-bond acceptors (Lipinski definition) is 11. The van der Waals surface area contributed by atoms with Crippen LogP contribution >= 0.6 is 0 Å². The molecule has 3 unspecified atom stereocenters. The molecule has 0 fully saturated rings. The lowest BCUT2D eigenvalue weighted by molar-refractivity contribution is -0.171. The third-order valence-electron chi connectivity index (χ3n) is 8.43. The molecule has 54 heavy (non-hydrogen) atoms. The van der Waals surface area contributed by atoms with Gasteiger partial charge >= 0.3 is 11.9 Å². The van der Waals surface area contributed by atoms with Crippen LogP contribution in [0.25, 0.3) is 11.3 Å². The van der Waals surface area contributed by atoms with Gasteiger partial charge in [-0.25, -0.2) is 9.59 Å². The van der Waals surface area contributed by atoms with Crippen LogP contribution in [0.5, 0.6) is 5.75 Å². The smallest absolute Gasteiger partial charge is 0.363 e. The first-order chi connectivity index (χ1) is 26.0. The molecule has 0 radical (unpaired) electrons. The molecule has 1 heterocycles. The minimum absolute atomic E-state index is 0.0325. The van der Waals surface area contributed by atoms with Crippen LogP contribution in [0.2, 0.25) is 0 Å². The molecule has 5 N–H and O–H groups in total. The number of carboxylic acids is 1. The van der Waals surface area contributed by atoms with Crippen LogP contribution in [0.4, 0.5) is 5.69 Å². The van der Waals surface area contributed by atoms with Crippen LogP contribution in [0.1, 0.15) is 90.6 Å². The second-order valence-corrected chi connectivity index (χ2v) is 12.1. The molecule has 2 aromatic carbocycles. The predicted molar refractivity (Wildman–Crippen MR) is 196 cm³/mol. The second-order valence-electron chi connectivity index (χ2n) is 12.1. The van der Waals surface area contributed by atoms with Gasteiger partial charge in [-0.2, -0.15) is 5.06 Å². The van der Waals surface area contributed by atoms with Crippen LogP contribution in [0, 0.1) is 5.92 Å². The van der Waals surface area contributed by atoms with Gasteiger partial charge in [0.05, 0.1) is 36.4 Å². The van der Waals surface area contributed by atoms with Crippen LogP contribution in [0.3, 0.4) is 0 Å². The quantitative estimate of drug-likeness (QED) is 0.0399. The lowest BCUT2D eigenvalue weighted by Gasteiger charge is -2.31. The van der Waals surface area contributed by atoms with Crippen LogP contribution in [0.15, 0.2) is 59.0 Å². The molecule has 0 aliphatic rings. The molecule has 16 heteroatoms. The molecule has 0 aliphatic carbocycles. The first kappa shape index (κ1) is 42.2. The fraction of sp³-hybridized carbons (Fsp3) is 0.395. The number of ether oxygens (including phenoxy) is 1. The summed E-state index contributed by atoms with van der Waals surface area (Å²) in [6.45, 7) is 5.40. The van der Waals surface area contributed by atoms with Crippen molar-refractivity contribution in [1.29, 1.82) is 0 Å². The van der Waals surface area contributed by atoms with Gasteiger partial charge in [0.25, 0.3) is 11.8 Å². The number of rotatable bonds is 23. The molecule has 290 valence electrons. The molecule has 0 saturated carbocycles. The van der Waals surface area contributed by atoms with Crippen molar-refractivity contribution in [3.05, 3.63) is 71.5 Å². The Kier molecular flexibility index (Phi) is 16.7. The molecule has 16 nitrogen and oxygen atoms in total. The minimum atomic E-state index is -1.41. The first-order valence-electron chi connectivity index (χ1n) is 17.7. The van der Waals surface area contributed by atoms with Crippen molar-refractivity contribution in [3.8, 4) is 17.1 Å². The fourth-order valence-electron chi connectivity index (χ4n) is 5.61. The van der Waals surface area contributed by atoms with Crippen LogP contribution < -0.4 is 26.0 Å². The number of benzene rings is 2. The van der Waals surface area contributed by atoms with E-state index < -0.39 is 54.1 Å². The zero-order valence-corrected chi connectivity index (χ0v) is 30.7. The molecule has 3 aromatic rings. The summed E-state index contributed by atoms with van der Waals surface area (Å²) in [6, 6.07) is 11.8. The SMILES string of the molecule is CCCCCC(C(=O)NCNC(=O)c1ccc(-c2ccc(C(=O)NC(CC=O)C(=O)O)c(OCC)c2)o1)C(CC)N(C=O)OC(=O)c1cccc(NC)c1. The zero-order chi connectivity index (χ0) is 39.6. The number of hydroxylamine groups is 2. The highest BCUT2D eigenvalue weighted by atomic mass is 16.7. The summed E-state index contributed by atoms with van der Waals surface area (Å²) in [4.78, 5) is 92.2. The van der Waals surface area contributed by atoms with Gasteiger partial charge in [0.15, 0.2) is 5.76 Å². The number of amides is 4. The van der Waals surface area contributed by atoms with Gasteiger partial charge in [-0.15, -0.1) is 0 Å². The Morgan fingerprint density at radius 3 is 2.37 bits per heavy atom. The van der Waals surface area contributed by atoms with Gasteiger partial charge in [-0.05, 0) is 62.2 Å². The van der Waals surface area contributed by atoms with Crippen molar-refractivity contribution in [3.63, 3.8) is 0 Å². The summed E-state index contributed by atoms with van der Waals surface area (Å²) in [7, 11) is 1.70. The average molecular weight is 750 g/mol. The number of aliphatic carboxylic acids is 1. The van der Waals surface area contributed by atoms with Crippen molar-refractivity contribution < 1.29 is 52.7 Å². The molecule has 0 aliphatic heterocycles. The Morgan fingerprint density at radius 1 is 0.944 bits per heavy atom. The van der Waals surface area contributed by atoms with Crippen molar-refractivity contribution in [2.75, 3.05) is 25.6 Å². The van der Waals surface area contributed by atoms with Gasteiger partial charge in [0.2, 0.25) is 12.3 Å². The van der Waals surface area contributed by atoms with E-state index in [-0.39, 0.29) is 41.7 Å². The lowest BCUT2D eigenvalue weighted by atomic mass is 9.90. The second kappa shape index (κ2) is 21.4. The van der Waals surface area contributed by atoms with E-state index in [4.69, 9.17) is 14.0 Å². The highest BCUT2D eigenvalue weighted by Gasteiger charge is 2.34. The summed E-state index contributed by atoms with van der Waals surface area (Å²) in [6.07, 6.45) is 3.47. The van der Waals surface area contributed by atoms with Crippen molar-refractivity contribution >= 4 is 48.0 Å². The number of carboxylic acid groups (broad SMARTS) is 1. The van der Waals surface area contributed by atoms with E-state index in [0.717, 1.165) is 17.9 Å². The van der Waals surface area contributed by atoms with Gasteiger partial charge in [-0.3, -0.25) is 19.2 Å². The number of carbonyl (C=O) groups is 7. The Bertz CT molecular complexity index is 1780. The van der Waals surface area contributed by atoms with Crippen molar-refractivity contribution in [2.24, 2.45) is 5.92 Å². The van der Waals surface area contributed by atoms with E-state index in [1.165, 1.54) is 30.3 Å². The molecule has 3 atom stereocenters. The highest BCUT2D eigenvalue weighted by Crippen LogP contribution is 2.29. The largest absolute Gasteiger partial charge is 0.493 e. The van der Waals surface area contributed by atoms with Crippen LogP contribution in [-0.2, 0) is 24.0 Å². The summed E-state index contributed by atoms with van der Waals surface area (Å²) in [5.74, 6) is -4.43. The summed E-state index contributed by atoms with van der Waals surface area (Å²) < 4.78 is 11.4. The topological polar surface area (TPSA) is 223 Å². The Hall–Kier alpha value is -6.19. The third-order valence-corrected chi connectivity index (χ3v) is 8.43. The van der Waals surface area contributed by atoms with Gasteiger partial charge in [0, 0.05) is 24.7 Å².